The Morgan fingerprint density at radius 2 is 1.87 bits per heavy atom. The molecule has 0 amide bonds. The second kappa shape index (κ2) is 6.69. The van der Waals surface area contributed by atoms with E-state index in [0.29, 0.717) is 13.0 Å². The minimum Gasteiger partial charge on any atom is -0.391 e. The van der Waals surface area contributed by atoms with Crippen LogP contribution in [0.3, 0.4) is 0 Å². The van der Waals surface area contributed by atoms with Crippen LogP contribution in [0, 0.1) is 11.8 Å². The minimum atomic E-state index is -0.727. The van der Waals surface area contributed by atoms with Gasteiger partial charge in [0.25, 0.3) is 0 Å². The Labute approximate surface area is 91.1 Å². The summed E-state index contributed by atoms with van der Waals surface area (Å²) in [6, 6.07) is 0. The zero-order valence-electron chi connectivity index (χ0n) is 9.91. The van der Waals surface area contributed by atoms with E-state index in [1.807, 2.05) is 0 Å². The Hall–Kier alpha value is -0.740. The highest BCUT2D eigenvalue weighted by Crippen LogP contribution is 2.13. The van der Waals surface area contributed by atoms with Gasteiger partial charge in [0.2, 0.25) is 0 Å². The van der Waals surface area contributed by atoms with E-state index in [2.05, 4.69) is 5.32 Å². The number of Topliss-reactive ketones (excluding diaryl/α,β-unsaturated/α-hetero) is 2. The van der Waals surface area contributed by atoms with Crippen LogP contribution in [0.25, 0.3) is 0 Å². The van der Waals surface area contributed by atoms with Crippen LogP contribution in [0.1, 0.15) is 27.2 Å². The largest absolute Gasteiger partial charge is 0.391 e. The second-order valence-corrected chi connectivity index (χ2v) is 3.86. The molecule has 0 aromatic rings. The Morgan fingerprint density at radius 1 is 1.33 bits per heavy atom. The van der Waals surface area contributed by atoms with Crippen molar-refractivity contribution in [3.8, 4) is 0 Å². The van der Waals surface area contributed by atoms with E-state index in [4.69, 9.17) is 0 Å². The number of nitrogens with one attached hydrogen (secondary N) is 1. The smallest absolute Gasteiger partial charge is 0.148 e. The van der Waals surface area contributed by atoms with E-state index in [9.17, 15) is 14.7 Å². The lowest BCUT2D eigenvalue weighted by molar-refractivity contribution is -0.136. The van der Waals surface area contributed by atoms with Gasteiger partial charge in [-0.15, -0.1) is 0 Å². The van der Waals surface area contributed by atoms with E-state index in [0.717, 1.165) is 0 Å². The topological polar surface area (TPSA) is 66.4 Å². The predicted molar refractivity (Wildman–Crippen MR) is 58.6 cm³/mol. The van der Waals surface area contributed by atoms with E-state index in [1.165, 1.54) is 0 Å². The van der Waals surface area contributed by atoms with Crippen molar-refractivity contribution in [2.45, 2.75) is 33.3 Å². The fourth-order valence-corrected chi connectivity index (χ4v) is 1.43. The molecule has 0 radical (unpaired) electrons. The highest BCUT2D eigenvalue weighted by atomic mass is 16.3. The van der Waals surface area contributed by atoms with Crippen molar-refractivity contribution in [2.24, 2.45) is 11.8 Å². The second-order valence-electron chi connectivity index (χ2n) is 3.86. The molecule has 0 heterocycles. The van der Waals surface area contributed by atoms with Crippen molar-refractivity contribution in [3.05, 3.63) is 0 Å². The van der Waals surface area contributed by atoms with Crippen molar-refractivity contribution in [3.63, 3.8) is 0 Å². The molecule has 0 bridgehead atoms. The Morgan fingerprint density at radius 3 is 2.27 bits per heavy atom. The van der Waals surface area contributed by atoms with Crippen LogP contribution in [-0.4, -0.2) is 36.4 Å². The molecule has 0 aliphatic rings. The van der Waals surface area contributed by atoms with Crippen LogP contribution < -0.4 is 5.32 Å². The van der Waals surface area contributed by atoms with Crippen LogP contribution in [0.4, 0.5) is 0 Å². The van der Waals surface area contributed by atoms with E-state index >= 15 is 0 Å². The summed E-state index contributed by atoms with van der Waals surface area (Å²) in [5.74, 6) is -1.34. The summed E-state index contributed by atoms with van der Waals surface area (Å²) in [5.41, 5.74) is 0. The maximum atomic E-state index is 11.8. The maximum absolute atomic E-state index is 11.8. The van der Waals surface area contributed by atoms with Gasteiger partial charge in [-0.05, 0) is 14.0 Å². The highest BCUT2D eigenvalue weighted by Gasteiger charge is 2.28. The van der Waals surface area contributed by atoms with Crippen molar-refractivity contribution in [1.29, 1.82) is 0 Å². The summed E-state index contributed by atoms with van der Waals surface area (Å²) in [5, 5.41) is 12.4. The van der Waals surface area contributed by atoms with Crippen LogP contribution in [-0.2, 0) is 9.59 Å². The Kier molecular flexibility index (Phi) is 6.36. The molecular weight excluding hydrogens is 194 g/mol. The zero-order valence-corrected chi connectivity index (χ0v) is 9.91. The van der Waals surface area contributed by atoms with Gasteiger partial charge in [0, 0.05) is 18.9 Å². The molecule has 0 aromatic carbocycles. The molecule has 15 heavy (non-hydrogen) atoms. The first-order chi connectivity index (χ1) is 6.95. The average molecular weight is 215 g/mol. The summed E-state index contributed by atoms with van der Waals surface area (Å²) in [6.45, 7) is 5.36. The summed E-state index contributed by atoms with van der Waals surface area (Å²) in [4.78, 5) is 23.1. The average Bonchev–Trinajstić information content (AvgIpc) is 2.25. The van der Waals surface area contributed by atoms with Gasteiger partial charge in [0.1, 0.15) is 11.6 Å². The first kappa shape index (κ1) is 14.3. The van der Waals surface area contributed by atoms with Crippen LogP contribution in [0.5, 0.6) is 0 Å². The number of likely N-dealkylation sites (N-methyl/N-ethyl adjacent to an activating group) is 1. The third-order valence-corrected chi connectivity index (χ3v) is 2.70. The van der Waals surface area contributed by atoms with Crippen molar-refractivity contribution in [1.82, 2.24) is 5.32 Å². The monoisotopic (exact) mass is 215 g/mol. The van der Waals surface area contributed by atoms with Crippen molar-refractivity contribution in [2.75, 3.05) is 13.6 Å². The number of ketones is 2. The van der Waals surface area contributed by atoms with Gasteiger partial charge < -0.3 is 10.4 Å². The Balaban J connectivity index is 4.36. The summed E-state index contributed by atoms with van der Waals surface area (Å²) >= 11 is 0. The van der Waals surface area contributed by atoms with Crippen LogP contribution >= 0.6 is 0 Å². The van der Waals surface area contributed by atoms with E-state index in [-0.39, 0.29) is 11.6 Å². The SMILES string of the molecule is CCC(=O)C(C)C(=O)C(C)C(O)CNC. The molecule has 88 valence electrons. The predicted octanol–water partition coefficient (Wildman–Crippen LogP) is 0.387. The molecule has 0 saturated heterocycles. The molecule has 3 unspecified atom stereocenters. The van der Waals surface area contributed by atoms with Crippen molar-refractivity contribution >= 4 is 11.6 Å². The molecule has 0 aliphatic heterocycles. The third-order valence-electron chi connectivity index (χ3n) is 2.70. The lowest BCUT2D eigenvalue weighted by Crippen LogP contribution is -2.37. The van der Waals surface area contributed by atoms with Gasteiger partial charge in [-0.3, -0.25) is 9.59 Å². The van der Waals surface area contributed by atoms with E-state index < -0.39 is 17.9 Å². The lowest BCUT2D eigenvalue weighted by Gasteiger charge is -2.20. The van der Waals surface area contributed by atoms with Gasteiger partial charge in [0.05, 0.1) is 12.0 Å². The number of hydrogen-bond donors (Lipinski definition) is 2. The van der Waals surface area contributed by atoms with Gasteiger partial charge in [-0.25, -0.2) is 0 Å². The number of aliphatic hydroxyl groups excluding tert-OH is 1. The molecule has 0 aromatic heterocycles. The molecule has 3 atom stereocenters. The molecule has 0 rings (SSSR count). The molecule has 0 fully saturated rings. The van der Waals surface area contributed by atoms with Gasteiger partial charge >= 0.3 is 0 Å². The fraction of sp³-hybridized carbons (Fsp3) is 0.818. The van der Waals surface area contributed by atoms with Crippen LogP contribution in [0.2, 0.25) is 0 Å². The van der Waals surface area contributed by atoms with Gasteiger partial charge in [-0.2, -0.15) is 0 Å². The first-order valence-electron chi connectivity index (χ1n) is 5.34. The minimum absolute atomic E-state index is 0.0662. The number of carbonyl (C=O) groups excluding carboxylic acids is 2. The standard InChI is InChI=1S/C11H21NO3/c1-5-9(13)7(2)11(15)8(3)10(14)6-12-4/h7-8,10,12,14H,5-6H2,1-4H3. The van der Waals surface area contributed by atoms with Gasteiger partial charge in [-0.1, -0.05) is 13.8 Å². The molecule has 0 aliphatic carbocycles. The molecule has 0 saturated carbocycles. The number of hydrogen-bond acceptors (Lipinski definition) is 4. The third kappa shape index (κ3) is 4.10. The summed E-state index contributed by atoms with van der Waals surface area (Å²) in [7, 11) is 1.71. The normalized spacial score (nSPS) is 16.9. The first-order valence-corrected chi connectivity index (χ1v) is 5.34. The fourth-order valence-electron chi connectivity index (χ4n) is 1.43. The Bertz CT molecular complexity index is 228. The molecule has 4 nitrogen and oxygen atoms in total. The summed E-state index contributed by atoms with van der Waals surface area (Å²) in [6.07, 6.45) is -0.364. The number of rotatable bonds is 7. The highest BCUT2D eigenvalue weighted by molar-refractivity contribution is 6.02. The van der Waals surface area contributed by atoms with E-state index in [1.54, 1.807) is 27.8 Å². The lowest BCUT2D eigenvalue weighted by atomic mass is 9.88. The number of carbonyl (C=O) groups is 2. The van der Waals surface area contributed by atoms with Crippen molar-refractivity contribution < 1.29 is 14.7 Å². The molecule has 0 spiro atoms. The van der Waals surface area contributed by atoms with Gasteiger partial charge in [0.15, 0.2) is 0 Å². The molecule has 2 N–H and O–H groups in total. The molecular formula is C11H21NO3. The zero-order chi connectivity index (χ0) is 12.0. The summed E-state index contributed by atoms with van der Waals surface area (Å²) < 4.78 is 0. The maximum Gasteiger partial charge on any atom is 0.148 e. The van der Waals surface area contributed by atoms with Crippen LogP contribution in [0.15, 0.2) is 0 Å². The molecule has 4 heteroatoms. The number of aliphatic hydroxyl groups is 1. The quantitative estimate of drug-likeness (QED) is 0.603.